The first-order valence-corrected chi connectivity index (χ1v) is 12.6. The molecule has 0 aliphatic carbocycles. The van der Waals surface area contributed by atoms with Crippen LogP contribution in [-0.2, 0) is 11.8 Å². The number of aromatic nitrogens is 6. The second-order valence-electron chi connectivity index (χ2n) is 9.86. The maximum atomic E-state index is 5.78. The van der Waals surface area contributed by atoms with E-state index >= 15 is 0 Å². The zero-order valence-electron chi connectivity index (χ0n) is 20.5. The van der Waals surface area contributed by atoms with Gasteiger partial charge in [0.05, 0.1) is 46.2 Å². The lowest BCUT2D eigenvalue weighted by Gasteiger charge is -2.33. The SMILES string of the molecule is Cc1cnn(C)c1-c1cnc2c3c4cn[nH]c4ccc3n([C@H](c3ccccc3)C3CCOCC3)c2c1. The van der Waals surface area contributed by atoms with Crippen LogP contribution in [0.2, 0.25) is 0 Å². The molecule has 2 aromatic carbocycles. The van der Waals surface area contributed by atoms with Crippen LogP contribution in [0, 0.1) is 12.8 Å². The number of aromatic amines is 1. The van der Waals surface area contributed by atoms with Gasteiger partial charge in [-0.15, -0.1) is 0 Å². The number of hydrogen-bond donors (Lipinski definition) is 1. The van der Waals surface area contributed by atoms with Crippen molar-refractivity contribution in [2.75, 3.05) is 13.2 Å². The van der Waals surface area contributed by atoms with Crippen LogP contribution in [0.5, 0.6) is 0 Å². The van der Waals surface area contributed by atoms with Gasteiger partial charge in [0.2, 0.25) is 0 Å². The van der Waals surface area contributed by atoms with E-state index in [0.29, 0.717) is 5.92 Å². The predicted molar refractivity (Wildman–Crippen MR) is 142 cm³/mol. The van der Waals surface area contributed by atoms with Crippen LogP contribution in [0.4, 0.5) is 0 Å². The Bertz CT molecular complexity index is 1680. The van der Waals surface area contributed by atoms with Crippen molar-refractivity contribution in [1.29, 1.82) is 0 Å². The van der Waals surface area contributed by atoms with Gasteiger partial charge in [-0.05, 0) is 55.0 Å². The van der Waals surface area contributed by atoms with Gasteiger partial charge in [-0.3, -0.25) is 14.8 Å². The van der Waals surface area contributed by atoms with Gasteiger partial charge < -0.3 is 9.30 Å². The normalized spacial score (nSPS) is 15.8. The molecule has 1 saturated heterocycles. The molecule has 1 aliphatic heterocycles. The molecular formula is C29H28N6O. The maximum absolute atomic E-state index is 5.78. The number of nitrogens with one attached hydrogen (secondary N) is 1. The van der Waals surface area contributed by atoms with Gasteiger partial charge in [-0.25, -0.2) is 0 Å². The summed E-state index contributed by atoms with van der Waals surface area (Å²) in [4.78, 5) is 5.09. The summed E-state index contributed by atoms with van der Waals surface area (Å²) >= 11 is 0. The van der Waals surface area contributed by atoms with Gasteiger partial charge in [-0.1, -0.05) is 30.3 Å². The molecule has 0 amide bonds. The topological polar surface area (TPSA) is 73.5 Å². The summed E-state index contributed by atoms with van der Waals surface area (Å²) in [5.74, 6) is 0.460. The number of rotatable bonds is 4. The van der Waals surface area contributed by atoms with Crippen molar-refractivity contribution in [2.45, 2.75) is 25.8 Å². The summed E-state index contributed by atoms with van der Waals surface area (Å²) in [6, 6.07) is 17.7. The third kappa shape index (κ3) is 3.19. The van der Waals surface area contributed by atoms with Crippen molar-refractivity contribution >= 4 is 32.8 Å². The Morgan fingerprint density at radius 2 is 1.83 bits per heavy atom. The number of hydrogen-bond acceptors (Lipinski definition) is 4. The van der Waals surface area contributed by atoms with Gasteiger partial charge in [0.25, 0.3) is 0 Å². The lowest BCUT2D eigenvalue weighted by molar-refractivity contribution is 0.0553. The Hall–Kier alpha value is -3.97. The second-order valence-corrected chi connectivity index (χ2v) is 9.86. The fraction of sp³-hybridized carbons (Fsp3) is 0.276. The molecule has 7 heteroatoms. The highest BCUT2D eigenvalue weighted by molar-refractivity contribution is 6.19. The molecule has 0 saturated carbocycles. The molecule has 36 heavy (non-hydrogen) atoms. The number of aryl methyl sites for hydroxylation is 2. The fourth-order valence-electron chi connectivity index (χ4n) is 6.12. The molecule has 7 rings (SSSR count). The van der Waals surface area contributed by atoms with Crippen LogP contribution in [0.15, 0.2) is 67.1 Å². The molecule has 1 atom stereocenters. The first-order valence-electron chi connectivity index (χ1n) is 12.6. The second kappa shape index (κ2) is 8.31. The predicted octanol–water partition coefficient (Wildman–Crippen LogP) is 5.79. The van der Waals surface area contributed by atoms with Crippen LogP contribution in [-0.4, -0.2) is 42.7 Å². The minimum Gasteiger partial charge on any atom is -0.381 e. The summed E-state index contributed by atoms with van der Waals surface area (Å²) in [6.07, 6.45) is 7.89. The van der Waals surface area contributed by atoms with Crippen molar-refractivity contribution in [3.8, 4) is 11.3 Å². The summed E-state index contributed by atoms with van der Waals surface area (Å²) in [7, 11) is 1.99. The molecule has 4 aromatic heterocycles. The molecule has 5 heterocycles. The average molecular weight is 477 g/mol. The zero-order valence-corrected chi connectivity index (χ0v) is 20.5. The van der Waals surface area contributed by atoms with E-state index in [1.807, 2.05) is 30.3 Å². The Balaban J connectivity index is 1.59. The van der Waals surface area contributed by atoms with Crippen molar-refractivity contribution in [1.82, 2.24) is 29.5 Å². The van der Waals surface area contributed by atoms with Crippen LogP contribution in [0.1, 0.15) is 30.0 Å². The van der Waals surface area contributed by atoms with Crippen LogP contribution >= 0.6 is 0 Å². The summed E-state index contributed by atoms with van der Waals surface area (Å²) in [5.41, 5.74) is 8.98. The quantitative estimate of drug-likeness (QED) is 0.349. The molecule has 0 spiro atoms. The molecule has 0 radical (unpaired) electrons. The highest BCUT2D eigenvalue weighted by Crippen LogP contribution is 2.42. The van der Waals surface area contributed by atoms with E-state index in [4.69, 9.17) is 9.72 Å². The molecule has 180 valence electrons. The van der Waals surface area contributed by atoms with Gasteiger partial charge in [-0.2, -0.15) is 10.2 Å². The van der Waals surface area contributed by atoms with Gasteiger partial charge in [0, 0.05) is 42.8 Å². The number of pyridine rings is 1. The molecule has 1 N–H and O–H groups in total. The van der Waals surface area contributed by atoms with Crippen molar-refractivity contribution in [3.63, 3.8) is 0 Å². The molecule has 1 aliphatic rings. The molecule has 0 unspecified atom stereocenters. The summed E-state index contributed by atoms with van der Waals surface area (Å²) in [5, 5.41) is 14.2. The molecular weight excluding hydrogens is 448 g/mol. The molecule has 7 nitrogen and oxygen atoms in total. The molecule has 6 aromatic rings. The van der Waals surface area contributed by atoms with E-state index in [-0.39, 0.29) is 6.04 Å². The summed E-state index contributed by atoms with van der Waals surface area (Å²) < 4.78 is 10.2. The van der Waals surface area contributed by atoms with Gasteiger partial charge >= 0.3 is 0 Å². The molecule has 0 bridgehead atoms. The lowest BCUT2D eigenvalue weighted by Crippen LogP contribution is -2.26. The van der Waals surface area contributed by atoms with Crippen molar-refractivity contribution in [2.24, 2.45) is 13.0 Å². The molecule has 1 fully saturated rings. The van der Waals surface area contributed by atoms with Crippen LogP contribution in [0.3, 0.4) is 0 Å². The van der Waals surface area contributed by atoms with Gasteiger partial charge in [0.1, 0.15) is 0 Å². The van der Waals surface area contributed by atoms with Crippen LogP contribution < -0.4 is 0 Å². The largest absolute Gasteiger partial charge is 0.381 e. The first kappa shape index (κ1) is 21.3. The minimum atomic E-state index is 0.170. The third-order valence-corrected chi connectivity index (χ3v) is 7.75. The zero-order chi connectivity index (χ0) is 24.2. The van der Waals surface area contributed by atoms with Crippen LogP contribution in [0.25, 0.3) is 44.1 Å². The Labute approximate surface area is 208 Å². The number of nitrogens with zero attached hydrogens (tertiary/aromatic N) is 5. The Morgan fingerprint density at radius 1 is 1.00 bits per heavy atom. The van der Waals surface area contributed by atoms with E-state index in [9.17, 15) is 0 Å². The van der Waals surface area contributed by atoms with E-state index in [0.717, 1.165) is 70.2 Å². The number of H-pyrrole nitrogens is 1. The monoisotopic (exact) mass is 476 g/mol. The van der Waals surface area contributed by atoms with Gasteiger partial charge in [0.15, 0.2) is 0 Å². The summed E-state index contributed by atoms with van der Waals surface area (Å²) in [6.45, 7) is 3.70. The lowest BCUT2D eigenvalue weighted by atomic mass is 9.86. The highest BCUT2D eigenvalue weighted by Gasteiger charge is 2.30. The van der Waals surface area contributed by atoms with E-state index < -0.39 is 0 Å². The van der Waals surface area contributed by atoms with Crippen molar-refractivity contribution < 1.29 is 4.74 Å². The first-order chi connectivity index (χ1) is 17.7. The van der Waals surface area contributed by atoms with Crippen molar-refractivity contribution in [3.05, 3.63) is 78.2 Å². The highest BCUT2D eigenvalue weighted by atomic mass is 16.5. The third-order valence-electron chi connectivity index (χ3n) is 7.75. The minimum absolute atomic E-state index is 0.170. The smallest absolute Gasteiger partial charge is 0.0967 e. The maximum Gasteiger partial charge on any atom is 0.0967 e. The Morgan fingerprint density at radius 3 is 2.61 bits per heavy atom. The Kier molecular flexibility index (Phi) is 4.92. The fourth-order valence-corrected chi connectivity index (χ4v) is 6.12. The number of fused-ring (bicyclic) bond motifs is 5. The van der Waals surface area contributed by atoms with E-state index in [2.05, 4.69) is 75.3 Å². The van der Waals surface area contributed by atoms with E-state index in [1.165, 1.54) is 11.1 Å². The average Bonchev–Trinajstić information content (AvgIpc) is 3.61. The standard InChI is InChI=1S/C29H28N6O/c1-18-15-32-34(2)28(18)21-14-25-27(30-16-21)26-22-17-31-33-23(22)8-9-24(26)35(25)29(19-6-4-3-5-7-19)20-10-12-36-13-11-20/h3-9,14-17,20,29H,10-13H2,1-2H3,(H,31,33)/t29-/m1/s1. The van der Waals surface area contributed by atoms with E-state index in [1.54, 1.807) is 0 Å². The number of benzene rings is 2. The number of ether oxygens (including phenoxy) is 1.